The fourth-order valence-electron chi connectivity index (χ4n) is 4.58. The number of aliphatic hydroxyl groups is 1. The minimum absolute atomic E-state index is 0.00465. The van der Waals surface area contributed by atoms with Gasteiger partial charge in [-0.25, -0.2) is 0 Å². The van der Waals surface area contributed by atoms with E-state index in [0.717, 1.165) is 24.6 Å². The summed E-state index contributed by atoms with van der Waals surface area (Å²) in [6.45, 7) is 9.44. The van der Waals surface area contributed by atoms with Crippen molar-refractivity contribution in [2.45, 2.75) is 38.8 Å². The molecule has 1 aliphatic carbocycles. The van der Waals surface area contributed by atoms with Crippen LogP contribution in [0.4, 0.5) is 0 Å². The van der Waals surface area contributed by atoms with Gasteiger partial charge in [0.2, 0.25) is 0 Å². The summed E-state index contributed by atoms with van der Waals surface area (Å²) < 4.78 is 0. The van der Waals surface area contributed by atoms with Crippen LogP contribution in [-0.2, 0) is 0 Å². The van der Waals surface area contributed by atoms with Crippen LogP contribution in [0.1, 0.15) is 26.7 Å². The quantitative estimate of drug-likeness (QED) is 0.576. The zero-order valence-electron chi connectivity index (χ0n) is 14.7. The normalized spacial score (nSPS) is 42.2. The number of rotatable bonds is 5. The Morgan fingerprint density at radius 2 is 2.25 bits per heavy atom. The first kappa shape index (κ1) is 17.2. The first-order chi connectivity index (χ1) is 11.5. The summed E-state index contributed by atoms with van der Waals surface area (Å²) in [5.74, 6) is 1.17. The van der Waals surface area contributed by atoms with Gasteiger partial charge in [-0.1, -0.05) is 38.7 Å². The first-order valence-corrected chi connectivity index (χ1v) is 8.96. The van der Waals surface area contributed by atoms with Crippen molar-refractivity contribution in [3.63, 3.8) is 0 Å². The fourth-order valence-corrected chi connectivity index (χ4v) is 4.58. The SMILES string of the molecule is C=C/C=C\C=C(/N)C1=NNC(C2CCC(C)CN2)C2(C)C(CO)C12. The predicted octanol–water partition coefficient (Wildman–Crippen LogP) is 1.53. The molecular formula is C19H30N4O. The third-order valence-electron chi connectivity index (χ3n) is 6.17. The molecule has 0 bridgehead atoms. The van der Waals surface area contributed by atoms with Crippen LogP contribution in [0.2, 0.25) is 0 Å². The van der Waals surface area contributed by atoms with Crippen molar-refractivity contribution in [1.29, 1.82) is 0 Å². The molecule has 2 fully saturated rings. The van der Waals surface area contributed by atoms with E-state index in [9.17, 15) is 5.11 Å². The number of aliphatic hydroxyl groups excluding tert-OH is 1. The molecule has 1 saturated carbocycles. The van der Waals surface area contributed by atoms with E-state index in [1.807, 2.05) is 18.2 Å². The fraction of sp³-hybridized carbons (Fsp3) is 0.632. The summed E-state index contributed by atoms with van der Waals surface area (Å²) in [5, 5.41) is 18.2. The van der Waals surface area contributed by atoms with Crippen LogP contribution in [0.25, 0.3) is 0 Å². The Morgan fingerprint density at radius 1 is 1.46 bits per heavy atom. The molecule has 0 amide bonds. The molecule has 0 spiro atoms. The van der Waals surface area contributed by atoms with Gasteiger partial charge in [-0.2, -0.15) is 5.10 Å². The molecule has 0 aromatic heterocycles. The highest BCUT2D eigenvalue weighted by Crippen LogP contribution is 2.63. The van der Waals surface area contributed by atoms with E-state index in [1.165, 1.54) is 6.42 Å². The van der Waals surface area contributed by atoms with Crippen LogP contribution in [0.15, 0.2) is 41.7 Å². The lowest BCUT2D eigenvalue weighted by Crippen LogP contribution is -2.56. The summed E-state index contributed by atoms with van der Waals surface area (Å²) in [5.41, 5.74) is 11.2. The lowest BCUT2D eigenvalue weighted by molar-refractivity contribution is 0.180. The van der Waals surface area contributed by atoms with Gasteiger partial charge in [0.25, 0.3) is 0 Å². The number of nitrogens with zero attached hydrogens (tertiary/aromatic N) is 1. The van der Waals surface area contributed by atoms with Crippen molar-refractivity contribution in [1.82, 2.24) is 10.7 Å². The van der Waals surface area contributed by atoms with E-state index < -0.39 is 0 Å². The van der Waals surface area contributed by atoms with E-state index in [-0.39, 0.29) is 29.9 Å². The largest absolute Gasteiger partial charge is 0.397 e. The predicted molar refractivity (Wildman–Crippen MR) is 98.3 cm³/mol. The molecule has 0 radical (unpaired) electrons. The highest BCUT2D eigenvalue weighted by Gasteiger charge is 2.69. The molecule has 132 valence electrons. The Balaban J connectivity index is 1.81. The second kappa shape index (κ2) is 6.73. The van der Waals surface area contributed by atoms with Crippen molar-refractivity contribution in [2.75, 3.05) is 13.2 Å². The third-order valence-corrected chi connectivity index (χ3v) is 6.17. The lowest BCUT2D eigenvalue weighted by atomic mass is 9.82. The molecule has 24 heavy (non-hydrogen) atoms. The molecule has 1 saturated heterocycles. The Morgan fingerprint density at radius 3 is 2.88 bits per heavy atom. The number of hydrazone groups is 1. The van der Waals surface area contributed by atoms with Crippen LogP contribution in [-0.4, -0.2) is 36.1 Å². The number of piperidine rings is 1. The van der Waals surface area contributed by atoms with Crippen LogP contribution >= 0.6 is 0 Å². The van der Waals surface area contributed by atoms with Crippen molar-refractivity contribution in [3.05, 3.63) is 36.6 Å². The molecule has 0 aromatic rings. The molecule has 5 heteroatoms. The summed E-state index contributed by atoms with van der Waals surface area (Å²) in [6, 6.07) is 0.647. The monoisotopic (exact) mass is 330 g/mol. The minimum Gasteiger partial charge on any atom is -0.397 e. The Bertz CT molecular complexity index is 574. The summed E-state index contributed by atoms with van der Waals surface area (Å²) in [7, 11) is 0. The maximum Gasteiger partial charge on any atom is 0.0872 e. The highest BCUT2D eigenvalue weighted by atomic mass is 16.3. The maximum absolute atomic E-state index is 9.88. The third kappa shape index (κ3) is 2.80. The second-order valence-electron chi connectivity index (χ2n) is 7.68. The van der Waals surface area contributed by atoms with Crippen LogP contribution in [0.5, 0.6) is 0 Å². The Hall–Kier alpha value is -1.59. The molecule has 3 aliphatic rings. The average molecular weight is 330 g/mol. The smallest absolute Gasteiger partial charge is 0.0872 e. The molecule has 0 aromatic carbocycles. The van der Waals surface area contributed by atoms with E-state index in [2.05, 4.69) is 36.3 Å². The van der Waals surface area contributed by atoms with Gasteiger partial charge in [-0.05, 0) is 37.3 Å². The van der Waals surface area contributed by atoms with Crippen LogP contribution in [0.3, 0.4) is 0 Å². The topological polar surface area (TPSA) is 82.7 Å². The average Bonchev–Trinajstić information content (AvgIpc) is 3.20. The van der Waals surface area contributed by atoms with Gasteiger partial charge in [-0.3, -0.25) is 0 Å². The van der Waals surface area contributed by atoms with E-state index in [1.54, 1.807) is 6.08 Å². The highest BCUT2D eigenvalue weighted by molar-refractivity contribution is 6.04. The molecule has 6 atom stereocenters. The Labute approximate surface area is 144 Å². The molecular weight excluding hydrogens is 300 g/mol. The maximum atomic E-state index is 9.88. The standard InChI is InChI=1S/C19H30N4O/c1-4-5-6-7-14(20)17-16-13(11-24)19(16,3)18(23-22-17)15-9-8-12(2)10-21-15/h4-7,12-13,15-16,18,21,23-24H,1,8-11,20H2,2-3H3/b6-5-,14-7-. The van der Waals surface area contributed by atoms with E-state index in [4.69, 9.17) is 5.73 Å². The lowest BCUT2D eigenvalue weighted by Gasteiger charge is -2.39. The number of allylic oxidation sites excluding steroid dienone is 5. The van der Waals surface area contributed by atoms with Crippen molar-refractivity contribution in [2.24, 2.45) is 34.0 Å². The van der Waals surface area contributed by atoms with E-state index in [0.29, 0.717) is 11.7 Å². The van der Waals surface area contributed by atoms with Gasteiger partial charge in [-0.15, -0.1) is 0 Å². The summed E-state index contributed by atoms with van der Waals surface area (Å²) in [6.07, 6.45) is 9.68. The second-order valence-corrected chi connectivity index (χ2v) is 7.68. The molecule has 6 unspecified atom stereocenters. The van der Waals surface area contributed by atoms with Gasteiger partial charge in [0.05, 0.1) is 17.5 Å². The van der Waals surface area contributed by atoms with Gasteiger partial charge >= 0.3 is 0 Å². The van der Waals surface area contributed by atoms with Crippen molar-refractivity contribution >= 4 is 5.71 Å². The summed E-state index contributed by atoms with van der Waals surface area (Å²) in [4.78, 5) is 0. The molecule has 5 N–H and O–H groups in total. The van der Waals surface area contributed by atoms with Gasteiger partial charge in [0, 0.05) is 24.0 Å². The van der Waals surface area contributed by atoms with Crippen molar-refractivity contribution < 1.29 is 5.11 Å². The number of nitrogens with two attached hydrogens (primary N) is 1. The Kier molecular flexibility index (Phi) is 4.83. The van der Waals surface area contributed by atoms with Gasteiger partial charge in [0.1, 0.15) is 0 Å². The van der Waals surface area contributed by atoms with Crippen molar-refractivity contribution in [3.8, 4) is 0 Å². The van der Waals surface area contributed by atoms with Gasteiger partial charge < -0.3 is 21.6 Å². The molecule has 2 aliphatic heterocycles. The van der Waals surface area contributed by atoms with E-state index >= 15 is 0 Å². The zero-order valence-corrected chi connectivity index (χ0v) is 14.7. The molecule has 3 rings (SSSR count). The first-order valence-electron chi connectivity index (χ1n) is 8.96. The number of hydrogen-bond donors (Lipinski definition) is 4. The number of hydrogen-bond acceptors (Lipinski definition) is 5. The van der Waals surface area contributed by atoms with Crippen LogP contribution < -0.4 is 16.5 Å². The molecule has 5 nitrogen and oxygen atoms in total. The summed E-state index contributed by atoms with van der Waals surface area (Å²) >= 11 is 0. The zero-order chi connectivity index (χ0) is 17.3. The minimum atomic E-state index is 0.00465. The number of fused-ring (bicyclic) bond motifs is 1. The van der Waals surface area contributed by atoms with Gasteiger partial charge in [0.15, 0.2) is 0 Å². The number of nitrogens with one attached hydrogen (secondary N) is 2. The molecule has 2 heterocycles. The van der Waals surface area contributed by atoms with Crippen LogP contribution in [0, 0.1) is 23.2 Å².